The number of fused-ring (bicyclic) bond motifs is 2. The second kappa shape index (κ2) is 7.15. The lowest BCUT2D eigenvalue weighted by atomic mass is 10.1. The van der Waals surface area contributed by atoms with Gasteiger partial charge < -0.3 is 9.47 Å². The summed E-state index contributed by atoms with van der Waals surface area (Å²) in [6.07, 6.45) is -1.34. The van der Waals surface area contributed by atoms with Crippen LogP contribution in [0.4, 0.5) is 23.2 Å². The Bertz CT molecular complexity index is 1380. The first kappa shape index (κ1) is 20.2. The fourth-order valence-corrected chi connectivity index (χ4v) is 3.94. The number of carbonyl (C=O) groups is 1. The maximum absolute atomic E-state index is 15.0. The first-order valence-electron chi connectivity index (χ1n) is 9.84. The van der Waals surface area contributed by atoms with E-state index in [0.717, 1.165) is 17.7 Å². The number of amides is 1. The molecule has 1 aliphatic rings. The number of hydrogen-bond acceptors (Lipinski definition) is 3. The molecule has 162 valence electrons. The Kier molecular flexibility index (Phi) is 4.51. The molecule has 4 aromatic rings. The van der Waals surface area contributed by atoms with Crippen LogP contribution in [0.15, 0.2) is 54.9 Å². The Morgan fingerprint density at radius 1 is 1.03 bits per heavy atom. The average Bonchev–Trinajstić information content (AvgIpc) is 3.14. The Balaban J connectivity index is 1.47. The molecule has 1 amide bonds. The van der Waals surface area contributed by atoms with Gasteiger partial charge >= 0.3 is 6.18 Å². The molecule has 0 saturated heterocycles. The highest BCUT2D eigenvalue weighted by molar-refractivity contribution is 6.06. The summed E-state index contributed by atoms with van der Waals surface area (Å²) in [7, 11) is 0. The number of alkyl halides is 3. The molecule has 1 aliphatic heterocycles. The van der Waals surface area contributed by atoms with Crippen LogP contribution in [-0.2, 0) is 12.7 Å². The number of halogens is 4. The third-order valence-electron chi connectivity index (χ3n) is 5.58. The molecule has 0 N–H and O–H groups in total. The zero-order valence-electron chi connectivity index (χ0n) is 16.8. The number of aryl methyl sites for hydroxylation is 1. The smallest absolute Gasteiger partial charge is 0.341 e. The molecule has 3 heterocycles. The minimum absolute atomic E-state index is 0.154. The quantitative estimate of drug-likeness (QED) is 0.402. The fourth-order valence-electron chi connectivity index (χ4n) is 3.94. The monoisotopic (exact) mass is 440 g/mol. The molecular formula is C23H16F4N4O. The molecule has 32 heavy (non-hydrogen) atoms. The van der Waals surface area contributed by atoms with Crippen LogP contribution in [0.25, 0.3) is 22.3 Å². The summed E-state index contributed by atoms with van der Waals surface area (Å²) in [4.78, 5) is 22.7. The maximum Gasteiger partial charge on any atom is 0.416 e. The van der Waals surface area contributed by atoms with Gasteiger partial charge in [0.05, 0.1) is 16.8 Å². The van der Waals surface area contributed by atoms with Crippen LogP contribution in [-0.4, -0.2) is 27.0 Å². The highest BCUT2D eigenvalue weighted by Gasteiger charge is 2.31. The van der Waals surface area contributed by atoms with Gasteiger partial charge in [0.1, 0.15) is 11.5 Å². The average molecular weight is 440 g/mol. The van der Waals surface area contributed by atoms with Gasteiger partial charge in [-0.25, -0.2) is 14.4 Å². The van der Waals surface area contributed by atoms with Gasteiger partial charge in [-0.15, -0.1) is 0 Å². The van der Waals surface area contributed by atoms with E-state index in [2.05, 4.69) is 9.97 Å². The van der Waals surface area contributed by atoms with Crippen molar-refractivity contribution in [3.63, 3.8) is 0 Å². The van der Waals surface area contributed by atoms with Crippen molar-refractivity contribution in [3.8, 4) is 11.4 Å². The summed E-state index contributed by atoms with van der Waals surface area (Å²) in [5.41, 5.74) is 1.41. The molecule has 0 radical (unpaired) electrons. The summed E-state index contributed by atoms with van der Waals surface area (Å²) in [5.74, 6) is -0.699. The summed E-state index contributed by atoms with van der Waals surface area (Å²) in [6, 6.07) is 9.36. The molecule has 0 spiro atoms. The molecule has 5 nitrogen and oxygen atoms in total. The highest BCUT2D eigenvalue weighted by Crippen LogP contribution is 2.32. The van der Waals surface area contributed by atoms with E-state index in [1.54, 1.807) is 6.07 Å². The first-order valence-corrected chi connectivity index (χ1v) is 9.84. The minimum atomic E-state index is -4.46. The van der Waals surface area contributed by atoms with E-state index in [4.69, 9.17) is 0 Å². The Hall–Kier alpha value is -3.75. The molecule has 2 aromatic heterocycles. The van der Waals surface area contributed by atoms with E-state index in [-0.39, 0.29) is 22.8 Å². The lowest BCUT2D eigenvalue weighted by Crippen LogP contribution is -2.40. The maximum atomic E-state index is 15.0. The number of nitrogens with zero attached hydrogens (tertiary/aromatic N) is 4. The third kappa shape index (κ3) is 3.30. The SMILES string of the molecule is Cc1ccn2c1C(=O)N(c1ccc(-c3ncc4cc(C(F)(F)F)ccc4n3)cc1F)CC2. The Morgan fingerprint density at radius 3 is 2.59 bits per heavy atom. The van der Waals surface area contributed by atoms with Crippen molar-refractivity contribution in [3.05, 3.63) is 77.5 Å². The Labute approximate surface area is 179 Å². The van der Waals surface area contributed by atoms with Gasteiger partial charge in [0.2, 0.25) is 0 Å². The standard InChI is InChI=1S/C23H16F4N4O/c1-13-6-7-30-8-9-31(22(32)20(13)30)19-5-2-14(11-17(19)24)21-28-12-15-10-16(23(25,26)27)3-4-18(15)29-21/h2-7,10-12H,8-9H2,1H3. The molecule has 0 saturated carbocycles. The number of rotatable bonds is 2. The first-order chi connectivity index (χ1) is 15.2. The van der Waals surface area contributed by atoms with Crippen LogP contribution in [0.1, 0.15) is 21.6 Å². The van der Waals surface area contributed by atoms with E-state index in [0.29, 0.717) is 29.9 Å². The third-order valence-corrected chi connectivity index (χ3v) is 5.58. The second-order valence-corrected chi connectivity index (χ2v) is 7.63. The lowest BCUT2D eigenvalue weighted by Gasteiger charge is -2.29. The van der Waals surface area contributed by atoms with Gasteiger partial charge in [0, 0.05) is 36.4 Å². The van der Waals surface area contributed by atoms with Crippen LogP contribution in [0.2, 0.25) is 0 Å². The molecule has 0 unspecified atom stereocenters. The number of benzene rings is 2. The van der Waals surface area contributed by atoms with E-state index in [1.165, 1.54) is 29.3 Å². The van der Waals surface area contributed by atoms with Crippen molar-refractivity contribution in [1.82, 2.24) is 14.5 Å². The van der Waals surface area contributed by atoms with Crippen molar-refractivity contribution >= 4 is 22.5 Å². The van der Waals surface area contributed by atoms with Crippen molar-refractivity contribution in [2.75, 3.05) is 11.4 Å². The van der Waals surface area contributed by atoms with Crippen molar-refractivity contribution in [2.24, 2.45) is 0 Å². The number of aromatic nitrogens is 3. The summed E-state index contributed by atoms with van der Waals surface area (Å²) >= 11 is 0. The normalized spacial score (nSPS) is 14.2. The van der Waals surface area contributed by atoms with Crippen LogP contribution in [0.5, 0.6) is 0 Å². The summed E-state index contributed by atoms with van der Waals surface area (Å²) < 4.78 is 55.6. The second-order valence-electron chi connectivity index (χ2n) is 7.63. The van der Waals surface area contributed by atoms with Gasteiger partial charge in [-0.05, 0) is 55.0 Å². The molecular weight excluding hydrogens is 424 g/mol. The number of anilines is 1. The molecule has 5 rings (SSSR count). The Morgan fingerprint density at radius 2 is 1.84 bits per heavy atom. The molecule has 0 atom stereocenters. The fraction of sp³-hybridized carbons (Fsp3) is 0.174. The van der Waals surface area contributed by atoms with Gasteiger partial charge in [-0.1, -0.05) is 0 Å². The molecule has 9 heteroatoms. The van der Waals surface area contributed by atoms with Crippen molar-refractivity contribution in [1.29, 1.82) is 0 Å². The zero-order valence-corrected chi connectivity index (χ0v) is 16.8. The van der Waals surface area contributed by atoms with Gasteiger partial charge in [0.15, 0.2) is 5.82 Å². The number of hydrogen-bond donors (Lipinski definition) is 0. The van der Waals surface area contributed by atoms with Crippen molar-refractivity contribution in [2.45, 2.75) is 19.6 Å². The lowest BCUT2D eigenvalue weighted by molar-refractivity contribution is -0.137. The topological polar surface area (TPSA) is 51.0 Å². The largest absolute Gasteiger partial charge is 0.416 e. The van der Waals surface area contributed by atoms with E-state index in [9.17, 15) is 18.0 Å². The van der Waals surface area contributed by atoms with Crippen LogP contribution >= 0.6 is 0 Å². The molecule has 0 aliphatic carbocycles. The summed E-state index contributed by atoms with van der Waals surface area (Å²) in [5, 5.41) is 0.234. The van der Waals surface area contributed by atoms with Crippen molar-refractivity contribution < 1.29 is 22.4 Å². The van der Waals surface area contributed by atoms with Crippen LogP contribution in [0.3, 0.4) is 0 Å². The number of carbonyl (C=O) groups excluding carboxylic acids is 1. The van der Waals surface area contributed by atoms with E-state index >= 15 is 4.39 Å². The predicted octanol–water partition coefficient (Wildman–Crippen LogP) is 5.23. The van der Waals surface area contributed by atoms with Gasteiger partial charge in [-0.3, -0.25) is 4.79 Å². The zero-order chi connectivity index (χ0) is 22.6. The van der Waals surface area contributed by atoms with Gasteiger partial charge in [0.25, 0.3) is 5.91 Å². The summed E-state index contributed by atoms with van der Waals surface area (Å²) in [6.45, 7) is 2.73. The van der Waals surface area contributed by atoms with E-state index < -0.39 is 17.6 Å². The molecule has 0 bridgehead atoms. The van der Waals surface area contributed by atoms with Crippen LogP contribution in [0, 0.1) is 12.7 Å². The molecule has 0 fully saturated rings. The van der Waals surface area contributed by atoms with Crippen LogP contribution < -0.4 is 4.90 Å². The van der Waals surface area contributed by atoms with Gasteiger partial charge in [-0.2, -0.15) is 13.2 Å². The predicted molar refractivity (Wildman–Crippen MR) is 111 cm³/mol. The minimum Gasteiger partial charge on any atom is -0.341 e. The molecule has 2 aromatic carbocycles. The highest BCUT2D eigenvalue weighted by atomic mass is 19.4. The van der Waals surface area contributed by atoms with E-state index in [1.807, 2.05) is 23.8 Å².